The van der Waals surface area contributed by atoms with E-state index < -0.39 is 0 Å². The van der Waals surface area contributed by atoms with E-state index in [9.17, 15) is 4.79 Å². The summed E-state index contributed by atoms with van der Waals surface area (Å²) in [5.41, 5.74) is 2.68. The predicted octanol–water partition coefficient (Wildman–Crippen LogP) is 1.61. The SMILES string of the molecule is Cc1cccc2cc(C(=O)NCCN3CCOCC3)cnc12. The van der Waals surface area contributed by atoms with E-state index in [0.717, 1.165) is 49.3 Å². The van der Waals surface area contributed by atoms with Gasteiger partial charge in [0.25, 0.3) is 5.91 Å². The number of aryl methyl sites for hydroxylation is 1. The third-order valence-electron chi connectivity index (χ3n) is 3.99. The van der Waals surface area contributed by atoms with Crippen LogP contribution in [-0.2, 0) is 4.74 Å². The second-order valence-corrected chi connectivity index (χ2v) is 5.58. The molecule has 0 bridgehead atoms. The fraction of sp³-hybridized carbons (Fsp3) is 0.412. The van der Waals surface area contributed by atoms with Gasteiger partial charge in [0.2, 0.25) is 0 Å². The second-order valence-electron chi connectivity index (χ2n) is 5.58. The van der Waals surface area contributed by atoms with Crippen molar-refractivity contribution in [3.8, 4) is 0 Å². The van der Waals surface area contributed by atoms with Crippen molar-refractivity contribution in [1.82, 2.24) is 15.2 Å². The van der Waals surface area contributed by atoms with Crippen LogP contribution in [0.25, 0.3) is 10.9 Å². The van der Waals surface area contributed by atoms with E-state index in [1.165, 1.54) is 0 Å². The molecule has 0 atom stereocenters. The molecule has 5 heteroatoms. The number of benzene rings is 1. The minimum Gasteiger partial charge on any atom is -0.379 e. The summed E-state index contributed by atoms with van der Waals surface area (Å²) in [6.45, 7) is 6.96. The van der Waals surface area contributed by atoms with Gasteiger partial charge in [0.05, 0.1) is 24.3 Å². The number of aromatic nitrogens is 1. The predicted molar refractivity (Wildman–Crippen MR) is 86.1 cm³/mol. The van der Waals surface area contributed by atoms with E-state index >= 15 is 0 Å². The Balaban J connectivity index is 1.60. The molecule has 3 rings (SSSR count). The van der Waals surface area contributed by atoms with Crippen LogP contribution in [0.3, 0.4) is 0 Å². The summed E-state index contributed by atoms with van der Waals surface area (Å²) >= 11 is 0. The normalized spacial score (nSPS) is 15.9. The number of para-hydroxylation sites is 1. The number of hydrogen-bond donors (Lipinski definition) is 1. The zero-order valence-electron chi connectivity index (χ0n) is 12.8. The van der Waals surface area contributed by atoms with Gasteiger partial charge >= 0.3 is 0 Å². The molecule has 0 spiro atoms. The van der Waals surface area contributed by atoms with Crippen LogP contribution < -0.4 is 5.32 Å². The van der Waals surface area contributed by atoms with Gasteiger partial charge in [-0.15, -0.1) is 0 Å². The molecule has 0 aliphatic carbocycles. The van der Waals surface area contributed by atoms with Crippen LogP contribution in [0.4, 0.5) is 0 Å². The molecule has 2 heterocycles. The van der Waals surface area contributed by atoms with Crippen LogP contribution in [0.5, 0.6) is 0 Å². The van der Waals surface area contributed by atoms with Gasteiger partial charge in [-0.2, -0.15) is 0 Å². The van der Waals surface area contributed by atoms with Gasteiger partial charge < -0.3 is 10.1 Å². The molecule has 1 aliphatic rings. The van der Waals surface area contributed by atoms with Crippen LogP contribution in [0.1, 0.15) is 15.9 Å². The van der Waals surface area contributed by atoms with Crippen molar-refractivity contribution in [1.29, 1.82) is 0 Å². The Bertz CT molecular complexity index is 666. The Morgan fingerprint density at radius 2 is 2.18 bits per heavy atom. The van der Waals surface area contributed by atoms with Gasteiger partial charge in [-0.25, -0.2) is 0 Å². The Labute approximate surface area is 130 Å². The van der Waals surface area contributed by atoms with Gasteiger partial charge in [0.1, 0.15) is 0 Å². The fourth-order valence-electron chi connectivity index (χ4n) is 2.69. The van der Waals surface area contributed by atoms with Gasteiger partial charge in [-0.3, -0.25) is 14.7 Å². The van der Waals surface area contributed by atoms with Crippen molar-refractivity contribution in [2.45, 2.75) is 6.92 Å². The molecule has 1 N–H and O–H groups in total. The number of amides is 1. The smallest absolute Gasteiger partial charge is 0.252 e. The molecule has 5 nitrogen and oxygen atoms in total. The molecule has 22 heavy (non-hydrogen) atoms. The maximum absolute atomic E-state index is 12.2. The Kier molecular flexibility index (Phi) is 4.65. The first-order valence-corrected chi connectivity index (χ1v) is 7.68. The summed E-state index contributed by atoms with van der Waals surface area (Å²) in [6, 6.07) is 7.90. The molecule has 1 fully saturated rings. The second kappa shape index (κ2) is 6.85. The zero-order chi connectivity index (χ0) is 15.4. The molecule has 116 valence electrons. The maximum atomic E-state index is 12.2. The number of nitrogens with one attached hydrogen (secondary N) is 1. The summed E-state index contributed by atoms with van der Waals surface area (Å²) in [5.74, 6) is -0.0656. The Morgan fingerprint density at radius 3 is 3.00 bits per heavy atom. The molecule has 1 aliphatic heterocycles. The fourth-order valence-corrected chi connectivity index (χ4v) is 2.69. The van der Waals surface area contributed by atoms with Crippen molar-refractivity contribution < 1.29 is 9.53 Å². The number of fused-ring (bicyclic) bond motifs is 1. The van der Waals surface area contributed by atoms with E-state index in [2.05, 4.69) is 15.2 Å². The van der Waals surface area contributed by atoms with Crippen molar-refractivity contribution in [2.75, 3.05) is 39.4 Å². The Hall–Kier alpha value is -1.98. The highest BCUT2D eigenvalue weighted by Crippen LogP contribution is 2.16. The number of rotatable bonds is 4. The van der Waals surface area contributed by atoms with Crippen molar-refractivity contribution in [3.63, 3.8) is 0 Å². The van der Waals surface area contributed by atoms with Crippen LogP contribution in [0.15, 0.2) is 30.5 Å². The molecule has 1 amide bonds. The standard InChI is InChI=1S/C17H21N3O2/c1-13-3-2-4-14-11-15(12-19-16(13)14)17(21)18-5-6-20-7-9-22-10-8-20/h2-4,11-12H,5-10H2,1H3,(H,18,21). The van der Waals surface area contributed by atoms with Crippen LogP contribution >= 0.6 is 0 Å². The van der Waals surface area contributed by atoms with E-state index in [4.69, 9.17) is 4.74 Å². The lowest BCUT2D eigenvalue weighted by Gasteiger charge is -2.26. The quantitative estimate of drug-likeness (QED) is 0.932. The largest absolute Gasteiger partial charge is 0.379 e. The Morgan fingerprint density at radius 1 is 1.36 bits per heavy atom. The average Bonchev–Trinajstić information content (AvgIpc) is 2.55. The lowest BCUT2D eigenvalue weighted by atomic mass is 10.1. The van der Waals surface area contributed by atoms with E-state index in [0.29, 0.717) is 12.1 Å². The molecule has 0 radical (unpaired) electrons. The van der Waals surface area contributed by atoms with E-state index in [-0.39, 0.29) is 5.91 Å². The first-order chi connectivity index (χ1) is 10.7. The van der Waals surface area contributed by atoms with E-state index in [1.54, 1.807) is 6.20 Å². The van der Waals surface area contributed by atoms with Crippen LogP contribution in [-0.4, -0.2) is 55.2 Å². The lowest BCUT2D eigenvalue weighted by Crippen LogP contribution is -2.41. The summed E-state index contributed by atoms with van der Waals surface area (Å²) in [7, 11) is 0. The highest BCUT2D eigenvalue weighted by molar-refractivity contribution is 5.97. The number of morpholine rings is 1. The van der Waals surface area contributed by atoms with Crippen molar-refractivity contribution in [3.05, 3.63) is 41.6 Å². The number of pyridine rings is 1. The number of carbonyl (C=O) groups excluding carboxylic acids is 1. The average molecular weight is 299 g/mol. The third-order valence-corrected chi connectivity index (χ3v) is 3.99. The molecule has 2 aromatic rings. The summed E-state index contributed by atoms with van der Waals surface area (Å²) in [4.78, 5) is 18.9. The monoisotopic (exact) mass is 299 g/mol. The molecular weight excluding hydrogens is 278 g/mol. The van der Waals surface area contributed by atoms with E-state index in [1.807, 2.05) is 31.2 Å². The first kappa shape index (κ1) is 14.9. The summed E-state index contributed by atoms with van der Waals surface area (Å²) in [5, 5.41) is 3.96. The van der Waals surface area contributed by atoms with Gasteiger partial charge in [0.15, 0.2) is 0 Å². The number of carbonyl (C=O) groups is 1. The van der Waals surface area contributed by atoms with Gasteiger partial charge in [-0.1, -0.05) is 18.2 Å². The highest BCUT2D eigenvalue weighted by atomic mass is 16.5. The molecule has 0 saturated carbocycles. The molecule has 0 unspecified atom stereocenters. The third kappa shape index (κ3) is 3.43. The van der Waals surface area contributed by atoms with Crippen LogP contribution in [0.2, 0.25) is 0 Å². The highest BCUT2D eigenvalue weighted by Gasteiger charge is 2.11. The maximum Gasteiger partial charge on any atom is 0.252 e. The molecular formula is C17H21N3O2. The topological polar surface area (TPSA) is 54.5 Å². The van der Waals surface area contributed by atoms with Gasteiger partial charge in [0, 0.05) is 37.8 Å². The number of ether oxygens (including phenoxy) is 1. The number of hydrogen-bond acceptors (Lipinski definition) is 4. The lowest BCUT2D eigenvalue weighted by molar-refractivity contribution is 0.0383. The molecule has 1 aromatic heterocycles. The number of nitrogens with zero attached hydrogens (tertiary/aromatic N) is 2. The summed E-state index contributed by atoms with van der Waals surface area (Å²) in [6.07, 6.45) is 1.65. The van der Waals surface area contributed by atoms with Crippen molar-refractivity contribution >= 4 is 16.8 Å². The summed E-state index contributed by atoms with van der Waals surface area (Å²) < 4.78 is 5.31. The van der Waals surface area contributed by atoms with Gasteiger partial charge in [-0.05, 0) is 18.6 Å². The minimum atomic E-state index is -0.0656. The van der Waals surface area contributed by atoms with Crippen molar-refractivity contribution in [2.24, 2.45) is 0 Å². The van der Waals surface area contributed by atoms with Crippen LogP contribution in [0, 0.1) is 6.92 Å². The zero-order valence-corrected chi connectivity index (χ0v) is 12.8. The molecule has 1 saturated heterocycles. The first-order valence-electron chi connectivity index (χ1n) is 7.68. The minimum absolute atomic E-state index is 0.0656. The molecule has 1 aromatic carbocycles.